The molecule has 0 radical (unpaired) electrons. The van der Waals surface area contributed by atoms with E-state index < -0.39 is 34.0 Å². The number of halogens is 2. The molecule has 0 aliphatic carbocycles. The highest BCUT2D eigenvalue weighted by Crippen LogP contribution is 2.23. The maximum atomic E-state index is 13.8. The van der Waals surface area contributed by atoms with Crippen LogP contribution in [0.1, 0.15) is 10.4 Å². The molecule has 0 saturated carbocycles. The third-order valence-corrected chi connectivity index (χ3v) is 4.81. The second-order valence-electron chi connectivity index (χ2n) is 5.47. The van der Waals surface area contributed by atoms with Crippen molar-refractivity contribution in [2.45, 2.75) is 6.54 Å². The van der Waals surface area contributed by atoms with Crippen molar-refractivity contribution in [3.8, 4) is 0 Å². The van der Waals surface area contributed by atoms with E-state index in [1.807, 2.05) is 0 Å². The van der Waals surface area contributed by atoms with Gasteiger partial charge >= 0.3 is 5.97 Å². The molecule has 0 aliphatic heterocycles. The Morgan fingerprint density at radius 2 is 1.93 bits per heavy atom. The zero-order valence-electron chi connectivity index (χ0n) is 14.2. The van der Waals surface area contributed by atoms with Crippen LogP contribution in [0, 0.1) is 21.7 Å². The van der Waals surface area contributed by atoms with E-state index in [1.165, 1.54) is 29.9 Å². The normalized spacial score (nSPS) is 11.6. The summed E-state index contributed by atoms with van der Waals surface area (Å²) in [6.45, 7) is -0.347. The molecule has 1 amide bonds. The van der Waals surface area contributed by atoms with Gasteiger partial charge in [-0.15, -0.1) is 0 Å². The zero-order valence-corrected chi connectivity index (χ0v) is 15.0. The second-order valence-corrected chi connectivity index (χ2v) is 6.48. The lowest BCUT2D eigenvalue weighted by molar-refractivity contribution is -0.384. The van der Waals surface area contributed by atoms with E-state index in [9.17, 15) is 28.5 Å². The fourth-order valence-electron chi connectivity index (χ4n) is 2.45. The number of esters is 1. The van der Waals surface area contributed by atoms with Gasteiger partial charge in [0.1, 0.15) is 23.7 Å². The lowest BCUT2D eigenvalue weighted by atomic mass is 10.2. The molecule has 0 spiro atoms. The van der Waals surface area contributed by atoms with Crippen LogP contribution in [0.25, 0.3) is 10.2 Å². The van der Waals surface area contributed by atoms with Crippen LogP contribution in [-0.2, 0) is 16.1 Å². The van der Waals surface area contributed by atoms with E-state index in [0.717, 1.165) is 29.5 Å². The predicted molar refractivity (Wildman–Crippen MR) is 94.7 cm³/mol. The number of hydrogen-bond donors (Lipinski definition) is 0. The summed E-state index contributed by atoms with van der Waals surface area (Å²) < 4.78 is 33.9. The number of non-ortho nitro benzene ring substituents is 1. The molecule has 28 heavy (non-hydrogen) atoms. The van der Waals surface area contributed by atoms with Crippen molar-refractivity contribution in [3.05, 3.63) is 68.5 Å². The molecular weight excluding hydrogens is 396 g/mol. The summed E-state index contributed by atoms with van der Waals surface area (Å²) in [5, 5.41) is 11.0. The molecule has 0 bridgehead atoms. The molecule has 0 atom stereocenters. The molecule has 0 unspecified atom stereocenters. The van der Waals surface area contributed by atoms with E-state index >= 15 is 0 Å². The molecule has 0 saturated heterocycles. The highest BCUT2D eigenvalue weighted by Gasteiger charge is 2.19. The minimum Gasteiger partial charge on any atom is -0.468 e. The Kier molecular flexibility index (Phi) is 5.27. The van der Waals surface area contributed by atoms with E-state index in [2.05, 4.69) is 9.73 Å². The minimum atomic E-state index is -1.18. The van der Waals surface area contributed by atoms with Gasteiger partial charge in [0.15, 0.2) is 4.80 Å². The number of amides is 1. The van der Waals surface area contributed by atoms with Crippen LogP contribution in [0.5, 0.6) is 0 Å². The van der Waals surface area contributed by atoms with E-state index in [0.29, 0.717) is 10.2 Å². The molecule has 1 heterocycles. The molecule has 3 aromatic rings. The minimum absolute atomic E-state index is 0.0615. The number of methoxy groups -OCH3 is 1. The van der Waals surface area contributed by atoms with Crippen molar-refractivity contribution in [1.82, 2.24) is 4.57 Å². The molecule has 144 valence electrons. The number of benzene rings is 2. The molecule has 3 rings (SSSR count). The number of carbonyl (C=O) groups excluding carboxylic acids is 2. The summed E-state index contributed by atoms with van der Waals surface area (Å²) in [5.74, 6) is -4.01. The number of fused-ring (bicyclic) bond motifs is 1. The summed E-state index contributed by atoms with van der Waals surface area (Å²) in [6.07, 6.45) is 0. The smallest absolute Gasteiger partial charge is 0.325 e. The van der Waals surface area contributed by atoms with Crippen molar-refractivity contribution in [1.29, 1.82) is 0 Å². The standard InChI is InChI=1S/C17H11F2N3O5S/c1-27-14(23)8-21-12-6-5-9(22(25)26)7-13(12)28-17(21)20-16(24)15-10(18)3-2-4-11(15)19/h2-7H,8H2,1H3. The van der Waals surface area contributed by atoms with Gasteiger partial charge in [0.2, 0.25) is 0 Å². The lowest BCUT2D eigenvalue weighted by Crippen LogP contribution is -2.22. The summed E-state index contributed by atoms with van der Waals surface area (Å²) in [5.41, 5.74) is -0.658. The molecule has 8 nitrogen and oxygen atoms in total. The van der Waals surface area contributed by atoms with Gasteiger partial charge < -0.3 is 9.30 Å². The zero-order chi connectivity index (χ0) is 20.4. The SMILES string of the molecule is COC(=O)Cn1c(=NC(=O)c2c(F)cccc2F)sc2cc([N+](=O)[O-])ccc21. The van der Waals surface area contributed by atoms with Crippen molar-refractivity contribution in [2.24, 2.45) is 4.99 Å². The fourth-order valence-corrected chi connectivity index (χ4v) is 3.51. The van der Waals surface area contributed by atoms with E-state index in [4.69, 9.17) is 0 Å². The quantitative estimate of drug-likeness (QED) is 0.376. The third kappa shape index (κ3) is 3.64. The molecule has 11 heteroatoms. The van der Waals surface area contributed by atoms with Crippen molar-refractivity contribution in [2.75, 3.05) is 7.11 Å². The Hall–Kier alpha value is -3.47. The monoisotopic (exact) mass is 407 g/mol. The van der Waals surface area contributed by atoms with Crippen LogP contribution in [0.15, 0.2) is 41.4 Å². The summed E-state index contributed by atoms with van der Waals surface area (Å²) in [7, 11) is 1.17. The van der Waals surface area contributed by atoms with Crippen molar-refractivity contribution < 1.29 is 28.0 Å². The Balaban J connectivity index is 2.21. The number of nitro groups is 1. The topological polar surface area (TPSA) is 104 Å². The fraction of sp³-hybridized carbons (Fsp3) is 0.118. The van der Waals surface area contributed by atoms with Crippen molar-refractivity contribution in [3.63, 3.8) is 0 Å². The summed E-state index contributed by atoms with van der Waals surface area (Å²) >= 11 is 0.861. The number of nitrogens with zero attached hydrogens (tertiary/aromatic N) is 3. The lowest BCUT2D eigenvalue weighted by Gasteiger charge is -2.04. The maximum absolute atomic E-state index is 13.8. The molecule has 2 aromatic carbocycles. The number of ether oxygens (including phenoxy) is 1. The summed E-state index contributed by atoms with van der Waals surface area (Å²) in [6, 6.07) is 6.81. The van der Waals surface area contributed by atoms with Gasteiger partial charge in [-0.3, -0.25) is 19.7 Å². The van der Waals surface area contributed by atoms with Gasteiger partial charge in [-0.25, -0.2) is 8.78 Å². The number of nitro benzene ring substituents is 1. The van der Waals surface area contributed by atoms with E-state index in [-0.39, 0.29) is 17.0 Å². The number of rotatable bonds is 4. The average molecular weight is 407 g/mol. The number of thiazole rings is 1. The molecular formula is C17H11F2N3O5S. The van der Waals surface area contributed by atoms with E-state index in [1.54, 1.807) is 0 Å². The second kappa shape index (κ2) is 7.64. The van der Waals surface area contributed by atoms with Gasteiger partial charge in [0.05, 0.1) is 22.2 Å². The van der Waals surface area contributed by atoms with Crippen LogP contribution >= 0.6 is 11.3 Å². The molecule has 0 N–H and O–H groups in total. The molecule has 0 fully saturated rings. The Bertz CT molecular complexity index is 1160. The Labute approximate surface area is 159 Å². The summed E-state index contributed by atoms with van der Waals surface area (Å²) in [4.78, 5) is 38.1. The first-order valence-electron chi connectivity index (χ1n) is 7.69. The first kappa shape index (κ1) is 19.3. The maximum Gasteiger partial charge on any atom is 0.325 e. The Morgan fingerprint density at radius 3 is 2.54 bits per heavy atom. The first-order valence-corrected chi connectivity index (χ1v) is 8.51. The van der Waals surface area contributed by atoms with Crippen LogP contribution in [0.3, 0.4) is 0 Å². The van der Waals surface area contributed by atoms with Crippen molar-refractivity contribution >= 4 is 39.1 Å². The number of carbonyl (C=O) groups is 2. The Morgan fingerprint density at radius 1 is 1.25 bits per heavy atom. The number of aromatic nitrogens is 1. The first-order chi connectivity index (χ1) is 13.3. The third-order valence-electron chi connectivity index (χ3n) is 3.77. The van der Waals surface area contributed by atoms with Gasteiger partial charge in [-0.05, 0) is 18.2 Å². The highest BCUT2D eigenvalue weighted by molar-refractivity contribution is 7.16. The highest BCUT2D eigenvalue weighted by atomic mass is 32.1. The largest absolute Gasteiger partial charge is 0.468 e. The van der Waals surface area contributed by atoms with Gasteiger partial charge in [-0.2, -0.15) is 4.99 Å². The molecule has 1 aromatic heterocycles. The van der Waals surface area contributed by atoms with Crippen LogP contribution in [0.2, 0.25) is 0 Å². The van der Waals surface area contributed by atoms with Crippen LogP contribution < -0.4 is 4.80 Å². The van der Waals surface area contributed by atoms with Gasteiger partial charge in [0, 0.05) is 12.1 Å². The van der Waals surface area contributed by atoms with Gasteiger partial charge in [0.25, 0.3) is 11.6 Å². The predicted octanol–water partition coefficient (Wildman–Crippen LogP) is 2.80. The van der Waals surface area contributed by atoms with Crippen LogP contribution in [-0.4, -0.2) is 28.5 Å². The van der Waals surface area contributed by atoms with Crippen LogP contribution in [0.4, 0.5) is 14.5 Å². The van der Waals surface area contributed by atoms with Gasteiger partial charge in [-0.1, -0.05) is 17.4 Å². The molecule has 0 aliphatic rings. The average Bonchev–Trinajstić information content (AvgIpc) is 2.97. The number of hydrogen-bond acceptors (Lipinski definition) is 6.